The summed E-state index contributed by atoms with van der Waals surface area (Å²) in [5, 5.41) is -0.591. The van der Waals surface area contributed by atoms with E-state index >= 15 is 0 Å². The Bertz CT molecular complexity index is 343. The lowest BCUT2D eigenvalue weighted by atomic mass is 10.2. The van der Waals surface area contributed by atoms with Crippen LogP contribution < -0.4 is 0 Å². The van der Waals surface area contributed by atoms with E-state index in [1.165, 1.54) is 0 Å². The predicted octanol–water partition coefficient (Wildman–Crippen LogP) is 2.32. The van der Waals surface area contributed by atoms with Gasteiger partial charge in [0, 0.05) is 6.20 Å². The highest BCUT2D eigenvalue weighted by molar-refractivity contribution is 6.30. The van der Waals surface area contributed by atoms with Gasteiger partial charge in [0.15, 0.2) is 11.0 Å². The van der Waals surface area contributed by atoms with E-state index in [1.54, 1.807) is 0 Å². The second-order valence-electron chi connectivity index (χ2n) is 2.13. The van der Waals surface area contributed by atoms with Crippen molar-refractivity contribution in [3.8, 4) is 0 Å². The first kappa shape index (κ1) is 9.98. The number of carbonyl (C=O) groups is 1. The van der Waals surface area contributed by atoms with E-state index in [0.717, 1.165) is 12.3 Å². The molecule has 13 heavy (non-hydrogen) atoms. The van der Waals surface area contributed by atoms with E-state index in [4.69, 9.17) is 11.6 Å². The number of aromatic nitrogens is 1. The Morgan fingerprint density at radius 3 is 2.69 bits per heavy atom. The lowest BCUT2D eigenvalue weighted by Crippen LogP contribution is -2.12. The second-order valence-corrected chi connectivity index (χ2v) is 2.49. The predicted molar refractivity (Wildman–Crippen MR) is 39.5 cm³/mol. The number of ketones is 1. The summed E-state index contributed by atoms with van der Waals surface area (Å²) < 4.78 is 36.6. The molecule has 0 spiro atoms. The number of Topliss-reactive ketones (excluding diaryl/α,β-unsaturated/α-hetero) is 1. The summed E-state index contributed by atoms with van der Waals surface area (Å²) >= 11 is 5.18. The maximum Gasteiger partial charge on any atom is 0.300 e. The largest absolute Gasteiger partial charge is 0.300 e. The molecule has 2 nitrogen and oxygen atoms in total. The molecule has 70 valence electrons. The molecule has 0 unspecified atom stereocenters. The molecule has 1 aromatic heterocycles. The smallest absolute Gasteiger partial charge is 0.288 e. The number of hydrogen-bond donors (Lipinski definition) is 0. The highest BCUT2D eigenvalue weighted by atomic mass is 35.5. The van der Waals surface area contributed by atoms with Crippen molar-refractivity contribution < 1.29 is 18.0 Å². The Labute approximate surface area is 76.3 Å². The van der Waals surface area contributed by atoms with Gasteiger partial charge >= 0.3 is 6.43 Å². The minimum Gasteiger partial charge on any atom is -0.288 e. The average molecular weight is 210 g/mol. The van der Waals surface area contributed by atoms with Crippen LogP contribution in [0.5, 0.6) is 0 Å². The summed E-state index contributed by atoms with van der Waals surface area (Å²) in [6.07, 6.45) is -2.26. The van der Waals surface area contributed by atoms with Gasteiger partial charge in [0.25, 0.3) is 0 Å². The molecule has 0 saturated carbocycles. The fraction of sp³-hybridized carbons (Fsp3) is 0.143. The number of halogens is 4. The van der Waals surface area contributed by atoms with Gasteiger partial charge in [-0.15, -0.1) is 0 Å². The molecular formula is C7H3ClF3NO. The topological polar surface area (TPSA) is 30.0 Å². The van der Waals surface area contributed by atoms with E-state index in [-0.39, 0.29) is 0 Å². The van der Waals surface area contributed by atoms with Crippen LogP contribution in [0.15, 0.2) is 12.3 Å². The van der Waals surface area contributed by atoms with Crippen LogP contribution in [0.1, 0.15) is 10.4 Å². The Kier molecular flexibility index (Phi) is 2.87. The first-order valence-electron chi connectivity index (χ1n) is 3.16. The number of nitrogens with zero attached hydrogens (tertiary/aromatic N) is 1. The summed E-state index contributed by atoms with van der Waals surface area (Å²) in [6, 6.07) is 0.857. The number of hydrogen-bond acceptors (Lipinski definition) is 2. The van der Waals surface area contributed by atoms with Gasteiger partial charge in [0.05, 0.1) is 5.56 Å². The quantitative estimate of drug-likeness (QED) is 0.553. The molecule has 0 aliphatic rings. The monoisotopic (exact) mass is 209 g/mol. The van der Waals surface area contributed by atoms with Crippen molar-refractivity contribution in [3.05, 3.63) is 28.8 Å². The Morgan fingerprint density at radius 2 is 2.15 bits per heavy atom. The molecule has 0 saturated heterocycles. The SMILES string of the molecule is O=C(c1ccnc(Cl)c1F)C(F)F. The lowest BCUT2D eigenvalue weighted by molar-refractivity contribution is 0.0674. The molecule has 1 heterocycles. The molecule has 0 bridgehead atoms. The number of pyridine rings is 1. The van der Waals surface area contributed by atoms with Crippen molar-refractivity contribution in [2.45, 2.75) is 6.43 Å². The third kappa shape index (κ3) is 1.98. The molecular weight excluding hydrogens is 207 g/mol. The molecule has 0 radical (unpaired) electrons. The number of alkyl halides is 2. The fourth-order valence-corrected chi connectivity index (χ4v) is 0.884. The number of carbonyl (C=O) groups excluding carboxylic acids is 1. The van der Waals surface area contributed by atoms with Crippen molar-refractivity contribution >= 4 is 17.4 Å². The van der Waals surface area contributed by atoms with Gasteiger partial charge in [-0.2, -0.15) is 0 Å². The summed E-state index contributed by atoms with van der Waals surface area (Å²) in [5.41, 5.74) is -0.741. The minimum atomic E-state index is -3.24. The highest BCUT2D eigenvalue weighted by Gasteiger charge is 2.22. The zero-order valence-corrected chi connectivity index (χ0v) is 6.86. The first-order valence-corrected chi connectivity index (χ1v) is 3.54. The normalized spacial score (nSPS) is 10.5. The first-order chi connectivity index (χ1) is 6.04. The maximum atomic E-state index is 12.9. The van der Waals surface area contributed by atoms with Crippen LogP contribution in [0, 0.1) is 5.82 Å². The molecule has 0 amide bonds. The fourth-order valence-electron chi connectivity index (χ4n) is 0.726. The third-order valence-corrected chi connectivity index (χ3v) is 1.57. The molecule has 1 rings (SSSR count). The van der Waals surface area contributed by atoms with Crippen molar-refractivity contribution in [1.29, 1.82) is 0 Å². The lowest BCUT2D eigenvalue weighted by Gasteiger charge is -2.01. The molecule has 0 N–H and O–H groups in total. The van der Waals surface area contributed by atoms with Crippen molar-refractivity contribution in [1.82, 2.24) is 4.98 Å². The van der Waals surface area contributed by atoms with Gasteiger partial charge < -0.3 is 0 Å². The standard InChI is InChI=1S/C7H3ClF3NO/c8-6-4(9)3(1-2-12-6)5(13)7(10)11/h1-2,7H. The maximum absolute atomic E-state index is 12.9. The van der Waals surface area contributed by atoms with Gasteiger partial charge in [0.1, 0.15) is 0 Å². The Balaban J connectivity index is 3.15. The van der Waals surface area contributed by atoms with E-state index in [1.807, 2.05) is 0 Å². The van der Waals surface area contributed by atoms with Crippen molar-refractivity contribution in [2.75, 3.05) is 0 Å². The molecule has 0 fully saturated rings. The van der Waals surface area contributed by atoms with Crippen LogP contribution in [0.2, 0.25) is 5.15 Å². The van der Waals surface area contributed by atoms with Gasteiger partial charge in [0.2, 0.25) is 5.78 Å². The Morgan fingerprint density at radius 1 is 1.54 bits per heavy atom. The van der Waals surface area contributed by atoms with E-state index in [2.05, 4.69) is 4.98 Å². The summed E-state index contributed by atoms with van der Waals surface area (Å²) in [7, 11) is 0. The molecule has 0 aliphatic carbocycles. The summed E-state index contributed by atoms with van der Waals surface area (Å²) in [4.78, 5) is 13.9. The van der Waals surface area contributed by atoms with E-state index < -0.39 is 28.7 Å². The van der Waals surface area contributed by atoms with Gasteiger partial charge in [-0.1, -0.05) is 11.6 Å². The number of rotatable bonds is 2. The van der Waals surface area contributed by atoms with E-state index in [9.17, 15) is 18.0 Å². The second kappa shape index (κ2) is 3.74. The molecule has 0 atom stereocenters. The Hall–Kier alpha value is -1.10. The third-order valence-electron chi connectivity index (χ3n) is 1.31. The van der Waals surface area contributed by atoms with Crippen LogP contribution >= 0.6 is 11.6 Å². The summed E-state index contributed by atoms with van der Waals surface area (Å²) in [6.45, 7) is 0. The molecule has 0 aromatic carbocycles. The van der Waals surface area contributed by atoms with Gasteiger partial charge in [-0.25, -0.2) is 18.2 Å². The van der Waals surface area contributed by atoms with Crippen LogP contribution in [-0.4, -0.2) is 17.2 Å². The van der Waals surface area contributed by atoms with Crippen molar-refractivity contribution in [3.63, 3.8) is 0 Å². The zero-order chi connectivity index (χ0) is 10.0. The minimum absolute atomic E-state index is 0.591. The van der Waals surface area contributed by atoms with Gasteiger partial charge in [-0.05, 0) is 6.07 Å². The van der Waals surface area contributed by atoms with Crippen LogP contribution in [-0.2, 0) is 0 Å². The molecule has 6 heteroatoms. The van der Waals surface area contributed by atoms with Crippen molar-refractivity contribution in [2.24, 2.45) is 0 Å². The van der Waals surface area contributed by atoms with Crippen LogP contribution in [0.4, 0.5) is 13.2 Å². The van der Waals surface area contributed by atoms with Gasteiger partial charge in [-0.3, -0.25) is 4.79 Å². The average Bonchev–Trinajstić information content (AvgIpc) is 2.08. The molecule has 1 aromatic rings. The molecule has 0 aliphatic heterocycles. The van der Waals surface area contributed by atoms with Crippen LogP contribution in [0.3, 0.4) is 0 Å². The van der Waals surface area contributed by atoms with Crippen LogP contribution in [0.25, 0.3) is 0 Å². The van der Waals surface area contributed by atoms with E-state index in [0.29, 0.717) is 0 Å². The zero-order valence-electron chi connectivity index (χ0n) is 6.10. The summed E-state index contributed by atoms with van der Waals surface area (Å²) in [5.74, 6) is -2.81. The highest BCUT2D eigenvalue weighted by Crippen LogP contribution is 2.17.